The number of anilines is 1. The summed E-state index contributed by atoms with van der Waals surface area (Å²) in [5.41, 5.74) is 6.39. The molecule has 1 aromatic heterocycles. The maximum atomic E-state index is 5.54. The van der Waals surface area contributed by atoms with Crippen LogP contribution < -0.4 is 10.6 Å². The Labute approximate surface area is 108 Å². The summed E-state index contributed by atoms with van der Waals surface area (Å²) >= 11 is 0. The molecule has 2 aliphatic heterocycles. The second-order valence-electron chi connectivity index (χ2n) is 5.20. The number of aromatic nitrogens is 2. The molecule has 0 amide bonds. The van der Waals surface area contributed by atoms with Crippen molar-refractivity contribution in [1.82, 2.24) is 14.9 Å². The van der Waals surface area contributed by atoms with E-state index in [0.717, 1.165) is 24.6 Å². The molecule has 2 N–H and O–H groups in total. The van der Waals surface area contributed by atoms with Crippen molar-refractivity contribution in [2.45, 2.75) is 31.8 Å². The first-order valence-corrected chi connectivity index (χ1v) is 6.87. The minimum Gasteiger partial charge on any atom is -0.354 e. The van der Waals surface area contributed by atoms with Gasteiger partial charge in [-0.25, -0.2) is 4.98 Å². The Morgan fingerprint density at radius 3 is 2.67 bits per heavy atom. The van der Waals surface area contributed by atoms with Crippen molar-refractivity contribution >= 4 is 5.82 Å². The van der Waals surface area contributed by atoms with Crippen molar-refractivity contribution in [2.75, 3.05) is 31.1 Å². The molecule has 3 heterocycles. The third kappa shape index (κ3) is 2.33. The molecular formula is C13H21N5. The third-order valence-corrected chi connectivity index (χ3v) is 4.05. The van der Waals surface area contributed by atoms with Crippen LogP contribution in [0.1, 0.15) is 25.0 Å². The summed E-state index contributed by atoms with van der Waals surface area (Å²) in [6.07, 6.45) is 7.62. The van der Waals surface area contributed by atoms with Crippen LogP contribution in [0.15, 0.2) is 12.4 Å². The largest absolute Gasteiger partial charge is 0.354 e. The lowest BCUT2D eigenvalue weighted by atomic mass is 10.2. The predicted octanol–water partition coefficient (Wildman–Crippen LogP) is 0.610. The molecule has 18 heavy (non-hydrogen) atoms. The van der Waals surface area contributed by atoms with Gasteiger partial charge in [-0.05, 0) is 32.4 Å². The van der Waals surface area contributed by atoms with Crippen LogP contribution in [0.2, 0.25) is 0 Å². The van der Waals surface area contributed by atoms with Gasteiger partial charge in [0.1, 0.15) is 5.82 Å². The predicted molar refractivity (Wildman–Crippen MR) is 71.3 cm³/mol. The topological polar surface area (TPSA) is 58.3 Å². The fraction of sp³-hybridized carbons (Fsp3) is 0.692. The van der Waals surface area contributed by atoms with Crippen molar-refractivity contribution in [2.24, 2.45) is 5.73 Å². The van der Waals surface area contributed by atoms with Crippen LogP contribution >= 0.6 is 0 Å². The molecular weight excluding hydrogens is 226 g/mol. The molecule has 0 spiro atoms. The Morgan fingerprint density at radius 2 is 2.00 bits per heavy atom. The smallest absolute Gasteiger partial charge is 0.147 e. The van der Waals surface area contributed by atoms with Gasteiger partial charge < -0.3 is 10.6 Å². The van der Waals surface area contributed by atoms with Crippen LogP contribution in [-0.4, -0.2) is 47.1 Å². The SMILES string of the molecule is NCc1cnc(N2CCC(N3CCCC3)C2)cn1. The highest BCUT2D eigenvalue weighted by Gasteiger charge is 2.29. The molecule has 0 saturated carbocycles. The molecule has 1 unspecified atom stereocenters. The zero-order valence-corrected chi connectivity index (χ0v) is 10.8. The fourth-order valence-electron chi connectivity index (χ4n) is 2.97. The number of rotatable bonds is 3. The molecule has 3 rings (SSSR count). The van der Waals surface area contributed by atoms with Gasteiger partial charge in [0.2, 0.25) is 0 Å². The lowest BCUT2D eigenvalue weighted by molar-refractivity contribution is 0.260. The molecule has 1 atom stereocenters. The van der Waals surface area contributed by atoms with Crippen LogP contribution in [0, 0.1) is 0 Å². The maximum Gasteiger partial charge on any atom is 0.147 e. The van der Waals surface area contributed by atoms with E-state index in [9.17, 15) is 0 Å². The van der Waals surface area contributed by atoms with Crippen molar-refractivity contribution < 1.29 is 0 Å². The molecule has 0 aliphatic carbocycles. The quantitative estimate of drug-likeness (QED) is 0.848. The van der Waals surface area contributed by atoms with Crippen LogP contribution in [-0.2, 0) is 6.54 Å². The van der Waals surface area contributed by atoms with E-state index in [0.29, 0.717) is 12.6 Å². The number of hydrogen-bond acceptors (Lipinski definition) is 5. The highest BCUT2D eigenvalue weighted by Crippen LogP contribution is 2.23. The average Bonchev–Trinajstić information content (AvgIpc) is 3.09. The van der Waals surface area contributed by atoms with E-state index >= 15 is 0 Å². The Hall–Kier alpha value is -1.20. The van der Waals surface area contributed by atoms with Crippen molar-refractivity contribution in [1.29, 1.82) is 0 Å². The van der Waals surface area contributed by atoms with Crippen molar-refractivity contribution in [3.63, 3.8) is 0 Å². The van der Waals surface area contributed by atoms with Gasteiger partial charge in [0, 0.05) is 25.7 Å². The van der Waals surface area contributed by atoms with E-state index in [2.05, 4.69) is 19.8 Å². The summed E-state index contributed by atoms with van der Waals surface area (Å²) in [7, 11) is 0. The number of nitrogens with two attached hydrogens (primary N) is 1. The van der Waals surface area contributed by atoms with Gasteiger partial charge in [0.15, 0.2) is 0 Å². The zero-order chi connectivity index (χ0) is 12.4. The molecule has 0 aromatic carbocycles. The molecule has 5 nitrogen and oxygen atoms in total. The fourth-order valence-corrected chi connectivity index (χ4v) is 2.97. The molecule has 0 bridgehead atoms. The minimum atomic E-state index is 0.462. The molecule has 2 aliphatic rings. The molecule has 5 heteroatoms. The Kier molecular flexibility index (Phi) is 3.43. The zero-order valence-electron chi connectivity index (χ0n) is 10.8. The van der Waals surface area contributed by atoms with Crippen LogP contribution in [0.25, 0.3) is 0 Å². The van der Waals surface area contributed by atoms with Crippen LogP contribution in [0.4, 0.5) is 5.82 Å². The first-order valence-electron chi connectivity index (χ1n) is 6.87. The normalized spacial score (nSPS) is 24.9. The first kappa shape index (κ1) is 11.9. The van der Waals surface area contributed by atoms with Gasteiger partial charge in [-0.3, -0.25) is 9.88 Å². The van der Waals surface area contributed by atoms with E-state index in [4.69, 9.17) is 5.73 Å². The lowest BCUT2D eigenvalue weighted by Gasteiger charge is -2.23. The van der Waals surface area contributed by atoms with E-state index < -0.39 is 0 Å². The van der Waals surface area contributed by atoms with E-state index in [1.54, 1.807) is 6.20 Å². The lowest BCUT2D eigenvalue weighted by Crippen LogP contribution is -2.35. The van der Waals surface area contributed by atoms with Crippen molar-refractivity contribution in [3.8, 4) is 0 Å². The standard InChI is InChI=1S/C13H21N5/c14-7-11-8-16-13(9-15-11)18-6-3-12(10-18)17-4-1-2-5-17/h8-9,12H,1-7,10,14H2. The van der Waals surface area contributed by atoms with E-state index in [1.165, 1.54) is 32.4 Å². The molecule has 98 valence electrons. The summed E-state index contributed by atoms with van der Waals surface area (Å²) in [5, 5.41) is 0. The summed E-state index contributed by atoms with van der Waals surface area (Å²) in [6.45, 7) is 5.20. The van der Waals surface area contributed by atoms with E-state index in [1.807, 2.05) is 6.20 Å². The number of hydrogen-bond donors (Lipinski definition) is 1. The van der Waals surface area contributed by atoms with Gasteiger partial charge in [-0.1, -0.05) is 0 Å². The van der Waals surface area contributed by atoms with Gasteiger partial charge in [0.25, 0.3) is 0 Å². The van der Waals surface area contributed by atoms with Gasteiger partial charge in [-0.2, -0.15) is 0 Å². The average molecular weight is 247 g/mol. The molecule has 1 aromatic rings. The molecule has 2 saturated heterocycles. The van der Waals surface area contributed by atoms with Gasteiger partial charge >= 0.3 is 0 Å². The molecule has 2 fully saturated rings. The maximum absolute atomic E-state index is 5.54. The Morgan fingerprint density at radius 1 is 1.17 bits per heavy atom. The highest BCUT2D eigenvalue weighted by atomic mass is 15.3. The summed E-state index contributed by atoms with van der Waals surface area (Å²) in [6, 6.07) is 0.712. The van der Waals surface area contributed by atoms with Crippen LogP contribution in [0.5, 0.6) is 0 Å². The summed E-state index contributed by atoms with van der Waals surface area (Å²) < 4.78 is 0. The van der Waals surface area contributed by atoms with Gasteiger partial charge in [0.05, 0.1) is 18.1 Å². The third-order valence-electron chi connectivity index (χ3n) is 4.05. The highest BCUT2D eigenvalue weighted by molar-refractivity contribution is 5.37. The van der Waals surface area contributed by atoms with E-state index in [-0.39, 0.29) is 0 Å². The Balaban J connectivity index is 1.63. The van der Waals surface area contributed by atoms with Crippen molar-refractivity contribution in [3.05, 3.63) is 18.1 Å². The Bertz CT molecular complexity index is 385. The van der Waals surface area contributed by atoms with Crippen LogP contribution in [0.3, 0.4) is 0 Å². The minimum absolute atomic E-state index is 0.462. The first-order chi connectivity index (χ1) is 8.86. The molecule has 0 radical (unpaired) electrons. The monoisotopic (exact) mass is 247 g/mol. The summed E-state index contributed by atoms with van der Waals surface area (Å²) in [5.74, 6) is 0.994. The number of likely N-dealkylation sites (tertiary alicyclic amines) is 1. The number of nitrogens with zero attached hydrogens (tertiary/aromatic N) is 4. The summed E-state index contributed by atoms with van der Waals surface area (Å²) in [4.78, 5) is 13.7. The second kappa shape index (κ2) is 5.20. The second-order valence-corrected chi connectivity index (χ2v) is 5.20. The van der Waals surface area contributed by atoms with Gasteiger partial charge in [-0.15, -0.1) is 0 Å².